The first-order valence-electron chi connectivity index (χ1n) is 3.64. The maximum absolute atomic E-state index is 11.0. The Balaban J connectivity index is 2.94. The highest BCUT2D eigenvalue weighted by atomic mass is 32.2. The third kappa shape index (κ3) is 2.74. The van der Waals surface area contributed by atoms with Gasteiger partial charge in [-0.3, -0.25) is 0 Å². The lowest BCUT2D eigenvalue weighted by Gasteiger charge is -2.00. The Hall–Kier alpha value is -1.56. The highest BCUT2D eigenvalue weighted by molar-refractivity contribution is 7.67. The molecule has 0 amide bonds. The molecule has 0 unspecified atom stereocenters. The molecule has 76 valence electrons. The number of rotatable bonds is 3. The number of ether oxygens (including phenoxy) is 1. The largest absolute Gasteiger partial charge is 0.465 e. The molecule has 5 nitrogen and oxygen atoms in total. The fourth-order valence-corrected chi connectivity index (χ4v) is 1.17. The predicted octanol–water partition coefficient (Wildman–Crippen LogP) is 0.378. The van der Waals surface area contributed by atoms with Crippen LogP contribution in [0.15, 0.2) is 24.3 Å². The summed E-state index contributed by atoms with van der Waals surface area (Å²) < 4.78 is 29.3. The molecule has 6 heteroatoms. The first kappa shape index (κ1) is 10.5. The maximum atomic E-state index is 11.0. The van der Waals surface area contributed by atoms with Crippen molar-refractivity contribution < 1.29 is 22.1 Å². The fraction of sp³-hybridized carbons (Fsp3) is 0.125. The number of methoxy groups -OCH3 is 1. The Labute approximate surface area is 82.4 Å². The van der Waals surface area contributed by atoms with Gasteiger partial charge in [0, 0.05) is 0 Å². The molecule has 0 heterocycles. The summed E-state index contributed by atoms with van der Waals surface area (Å²) in [5.74, 6) is -0.458. The quantitative estimate of drug-likeness (QED) is 0.584. The first-order chi connectivity index (χ1) is 6.63. The molecule has 0 atom stereocenters. The van der Waals surface area contributed by atoms with Crippen molar-refractivity contribution in [2.45, 2.75) is 0 Å². The Kier molecular flexibility index (Phi) is 3.47. The number of hydrogen-bond acceptors (Lipinski definition) is 5. The van der Waals surface area contributed by atoms with Crippen molar-refractivity contribution in [1.82, 2.24) is 0 Å². The van der Waals surface area contributed by atoms with Crippen molar-refractivity contribution in [2.75, 3.05) is 7.11 Å². The Morgan fingerprint density at radius 2 is 2.07 bits per heavy atom. The average Bonchev–Trinajstić information content (AvgIpc) is 2.16. The second-order valence-corrected chi connectivity index (χ2v) is 2.96. The number of hydrogen-bond donors (Lipinski definition) is 1. The molecule has 14 heavy (non-hydrogen) atoms. The van der Waals surface area contributed by atoms with E-state index in [4.69, 9.17) is 0 Å². The van der Waals surface area contributed by atoms with Crippen LogP contribution in [0.1, 0.15) is 10.4 Å². The molecule has 1 aromatic carbocycles. The highest BCUT2D eigenvalue weighted by Gasteiger charge is 2.06. The van der Waals surface area contributed by atoms with E-state index in [1.54, 1.807) is 0 Å². The molecule has 0 aliphatic carbocycles. The molecule has 0 aliphatic heterocycles. The third-order valence-corrected chi connectivity index (χ3v) is 1.79. The molecule has 0 saturated carbocycles. The van der Waals surface area contributed by atoms with E-state index in [-0.39, 0.29) is 11.3 Å². The van der Waals surface area contributed by atoms with Gasteiger partial charge >= 0.3 is 5.97 Å². The smallest absolute Gasteiger partial charge is 0.337 e. The van der Waals surface area contributed by atoms with Crippen LogP contribution in [0.5, 0.6) is 5.75 Å². The molecular weight excluding hydrogens is 208 g/mol. The average molecular weight is 216 g/mol. The number of benzene rings is 1. The van der Waals surface area contributed by atoms with Crippen LogP contribution in [0.25, 0.3) is 0 Å². The summed E-state index contributed by atoms with van der Waals surface area (Å²) in [6.45, 7) is 0. The van der Waals surface area contributed by atoms with E-state index in [1.165, 1.54) is 31.4 Å². The van der Waals surface area contributed by atoms with E-state index in [0.717, 1.165) is 0 Å². The molecule has 0 saturated heterocycles. The second-order valence-electron chi connectivity index (χ2n) is 2.33. The fourth-order valence-electron chi connectivity index (χ4n) is 0.884. The van der Waals surface area contributed by atoms with Gasteiger partial charge in [0.15, 0.2) is 0 Å². The molecule has 0 aromatic heterocycles. The van der Waals surface area contributed by atoms with Gasteiger partial charge in [0.25, 0.3) is 11.0 Å². The van der Waals surface area contributed by atoms with Crippen molar-refractivity contribution >= 4 is 17.0 Å². The van der Waals surface area contributed by atoms with Gasteiger partial charge in [-0.1, -0.05) is 6.07 Å². The van der Waals surface area contributed by atoms with Crippen molar-refractivity contribution in [1.29, 1.82) is 0 Å². The molecule has 0 spiro atoms. The van der Waals surface area contributed by atoms with Gasteiger partial charge in [-0.2, -0.15) is 8.42 Å². The van der Waals surface area contributed by atoms with E-state index >= 15 is 0 Å². The zero-order valence-electron chi connectivity index (χ0n) is 7.30. The van der Waals surface area contributed by atoms with Crippen LogP contribution in [0.3, 0.4) is 0 Å². The lowest BCUT2D eigenvalue weighted by atomic mass is 10.2. The summed E-state index contributed by atoms with van der Waals surface area (Å²) in [4.78, 5) is 11.0. The highest BCUT2D eigenvalue weighted by Crippen LogP contribution is 2.13. The van der Waals surface area contributed by atoms with Gasteiger partial charge in [0.1, 0.15) is 5.75 Å². The summed E-state index contributed by atoms with van der Waals surface area (Å²) in [6, 6.07) is 5.71. The summed E-state index contributed by atoms with van der Waals surface area (Å²) in [6.07, 6.45) is 0. The lowest BCUT2D eigenvalue weighted by molar-refractivity contribution is 0.0600. The van der Waals surface area contributed by atoms with Gasteiger partial charge in [-0.05, 0) is 18.2 Å². The van der Waals surface area contributed by atoms with E-state index in [1.807, 2.05) is 0 Å². The summed E-state index contributed by atoms with van der Waals surface area (Å²) in [5, 5.41) is 0. The van der Waals surface area contributed by atoms with Crippen LogP contribution in [0.4, 0.5) is 0 Å². The lowest BCUT2D eigenvalue weighted by Crippen LogP contribution is -2.01. The van der Waals surface area contributed by atoms with Gasteiger partial charge in [-0.25, -0.2) is 4.79 Å². The van der Waals surface area contributed by atoms with Crippen LogP contribution < -0.4 is 4.18 Å². The summed E-state index contributed by atoms with van der Waals surface area (Å²) >= 11 is 0. The van der Waals surface area contributed by atoms with Gasteiger partial charge in [-0.15, -0.1) is 0 Å². The second kappa shape index (κ2) is 4.61. The number of thiol groups is 1. The third-order valence-electron chi connectivity index (χ3n) is 1.44. The van der Waals surface area contributed by atoms with Crippen LogP contribution in [0, 0.1) is 0 Å². The minimum atomic E-state index is -2.96. The molecule has 0 aliphatic rings. The Bertz CT molecular complexity index is 402. The molecule has 0 N–H and O–H groups in total. The zero-order chi connectivity index (χ0) is 10.6. The van der Waals surface area contributed by atoms with Gasteiger partial charge in [0.05, 0.1) is 12.7 Å². The van der Waals surface area contributed by atoms with Crippen molar-refractivity contribution in [3.63, 3.8) is 0 Å². The molecule has 0 fully saturated rings. The SMILES string of the molecule is COC(=O)c1cccc(O[SH](=O)=O)c1. The van der Waals surface area contributed by atoms with Gasteiger partial charge in [0.2, 0.25) is 0 Å². The summed E-state index contributed by atoms with van der Waals surface area (Å²) in [5.41, 5.74) is 0.238. The predicted molar refractivity (Wildman–Crippen MR) is 48.7 cm³/mol. The number of carbonyl (C=O) groups is 1. The Morgan fingerprint density at radius 3 is 2.64 bits per heavy atom. The maximum Gasteiger partial charge on any atom is 0.337 e. The first-order valence-corrected chi connectivity index (χ1v) is 4.74. The van der Waals surface area contributed by atoms with E-state index in [9.17, 15) is 13.2 Å². The van der Waals surface area contributed by atoms with Crippen LogP contribution in [-0.2, 0) is 15.7 Å². The number of esters is 1. The molecule has 1 rings (SSSR count). The minimum absolute atomic E-state index is 0.0870. The Morgan fingerprint density at radius 1 is 1.36 bits per heavy atom. The minimum Gasteiger partial charge on any atom is -0.465 e. The van der Waals surface area contributed by atoms with Crippen LogP contribution >= 0.6 is 0 Å². The zero-order valence-corrected chi connectivity index (χ0v) is 8.19. The normalized spacial score (nSPS) is 9.86. The molecule has 1 aromatic rings. The molecule has 0 bridgehead atoms. The van der Waals surface area contributed by atoms with Crippen LogP contribution in [0.2, 0.25) is 0 Å². The number of carbonyl (C=O) groups excluding carboxylic acids is 1. The molecule has 0 radical (unpaired) electrons. The van der Waals surface area contributed by atoms with E-state index < -0.39 is 17.0 Å². The van der Waals surface area contributed by atoms with Crippen LogP contribution in [-0.4, -0.2) is 21.5 Å². The summed E-state index contributed by atoms with van der Waals surface area (Å²) in [7, 11) is -1.72. The topological polar surface area (TPSA) is 69.7 Å². The molecular formula is C8H8O5S. The van der Waals surface area contributed by atoms with Crippen molar-refractivity contribution in [3.8, 4) is 5.75 Å². The standard InChI is InChI=1S/C8H8O5S/c1-12-8(9)6-3-2-4-7(5-6)13-14(10)11/h2-5,14H,1H3. The van der Waals surface area contributed by atoms with Gasteiger partial charge < -0.3 is 8.92 Å². The van der Waals surface area contributed by atoms with Crippen molar-refractivity contribution in [2.24, 2.45) is 0 Å². The van der Waals surface area contributed by atoms with Crippen molar-refractivity contribution in [3.05, 3.63) is 29.8 Å². The monoisotopic (exact) mass is 216 g/mol. The van der Waals surface area contributed by atoms with E-state index in [2.05, 4.69) is 8.92 Å². The van der Waals surface area contributed by atoms with E-state index in [0.29, 0.717) is 0 Å².